The predicted octanol–water partition coefficient (Wildman–Crippen LogP) is 0.862. The number of hydrogen-bond donors (Lipinski definition) is 2. The molecule has 16 heavy (non-hydrogen) atoms. The van der Waals surface area contributed by atoms with Gasteiger partial charge in [-0.25, -0.2) is 4.79 Å². The van der Waals surface area contributed by atoms with Crippen molar-refractivity contribution in [2.45, 2.75) is 32.2 Å². The Labute approximate surface area is 94.5 Å². The molecule has 0 spiro atoms. The summed E-state index contributed by atoms with van der Waals surface area (Å²) in [5.74, 6) is -0.827. The number of carbonyl (C=O) groups excluding carboxylic acids is 1. The van der Waals surface area contributed by atoms with Crippen LogP contribution < -0.4 is 0 Å². The summed E-state index contributed by atoms with van der Waals surface area (Å²) in [6, 6.07) is 9.14. The topological polar surface area (TPSA) is 66.8 Å². The standard InChI is InChI=1S/C12H16O4/c1-9(13)12(2,15)11(14)16-8-10-6-4-3-5-7-10/h3-7,9,13,15H,8H2,1-2H3/t9-,12-/m1/s1. The van der Waals surface area contributed by atoms with Crippen molar-refractivity contribution < 1.29 is 19.7 Å². The summed E-state index contributed by atoms with van der Waals surface area (Å²) < 4.78 is 4.91. The molecule has 0 bridgehead atoms. The highest BCUT2D eigenvalue weighted by Gasteiger charge is 2.37. The van der Waals surface area contributed by atoms with E-state index in [-0.39, 0.29) is 6.61 Å². The minimum Gasteiger partial charge on any atom is -0.459 e. The number of rotatable bonds is 4. The number of aliphatic hydroxyl groups is 2. The first kappa shape index (κ1) is 12.7. The highest BCUT2D eigenvalue weighted by Crippen LogP contribution is 2.13. The molecule has 2 N–H and O–H groups in total. The quantitative estimate of drug-likeness (QED) is 0.744. The molecule has 0 unspecified atom stereocenters. The molecule has 0 heterocycles. The van der Waals surface area contributed by atoms with Gasteiger partial charge in [-0.15, -0.1) is 0 Å². The molecule has 2 atom stereocenters. The van der Waals surface area contributed by atoms with Crippen molar-refractivity contribution in [1.82, 2.24) is 0 Å². The summed E-state index contributed by atoms with van der Waals surface area (Å²) in [5.41, 5.74) is -1.04. The van der Waals surface area contributed by atoms with Gasteiger partial charge < -0.3 is 14.9 Å². The highest BCUT2D eigenvalue weighted by molar-refractivity contribution is 5.79. The Balaban J connectivity index is 2.54. The molecule has 0 amide bonds. The third-order valence-electron chi connectivity index (χ3n) is 2.44. The van der Waals surface area contributed by atoms with Crippen molar-refractivity contribution in [3.63, 3.8) is 0 Å². The third-order valence-corrected chi connectivity index (χ3v) is 2.44. The third kappa shape index (κ3) is 3.05. The van der Waals surface area contributed by atoms with Gasteiger partial charge in [-0.3, -0.25) is 0 Å². The summed E-state index contributed by atoms with van der Waals surface area (Å²) in [7, 11) is 0. The van der Waals surface area contributed by atoms with Gasteiger partial charge in [0.15, 0.2) is 5.60 Å². The van der Waals surface area contributed by atoms with Crippen molar-refractivity contribution in [3.05, 3.63) is 35.9 Å². The van der Waals surface area contributed by atoms with Crippen LogP contribution in [-0.4, -0.2) is 27.9 Å². The fourth-order valence-corrected chi connectivity index (χ4v) is 1.04. The molecule has 4 heteroatoms. The minimum atomic E-state index is -1.87. The van der Waals surface area contributed by atoms with E-state index in [1.165, 1.54) is 13.8 Å². The number of aliphatic hydroxyl groups excluding tert-OH is 1. The van der Waals surface area contributed by atoms with Crippen molar-refractivity contribution in [2.75, 3.05) is 0 Å². The Hall–Kier alpha value is -1.39. The van der Waals surface area contributed by atoms with E-state index in [0.717, 1.165) is 5.56 Å². The van der Waals surface area contributed by atoms with Gasteiger partial charge in [-0.1, -0.05) is 30.3 Å². The van der Waals surface area contributed by atoms with E-state index in [4.69, 9.17) is 4.74 Å². The van der Waals surface area contributed by atoms with Crippen molar-refractivity contribution in [2.24, 2.45) is 0 Å². The monoisotopic (exact) mass is 224 g/mol. The maximum atomic E-state index is 11.4. The molecule has 0 fully saturated rings. The van der Waals surface area contributed by atoms with Crippen LogP contribution in [0.1, 0.15) is 19.4 Å². The van der Waals surface area contributed by atoms with Crippen LogP contribution in [0, 0.1) is 0 Å². The lowest BCUT2D eigenvalue weighted by Crippen LogP contribution is -2.46. The Bertz CT molecular complexity index is 343. The summed E-state index contributed by atoms with van der Waals surface area (Å²) >= 11 is 0. The molecule has 0 aromatic heterocycles. The van der Waals surface area contributed by atoms with E-state index in [2.05, 4.69) is 0 Å². The van der Waals surface area contributed by atoms with Crippen molar-refractivity contribution in [1.29, 1.82) is 0 Å². The van der Waals surface area contributed by atoms with Crippen LogP contribution in [0.15, 0.2) is 30.3 Å². The Morgan fingerprint density at radius 2 is 2.00 bits per heavy atom. The van der Waals surface area contributed by atoms with E-state index in [9.17, 15) is 15.0 Å². The summed E-state index contributed by atoms with van der Waals surface area (Å²) in [6.07, 6.45) is -1.17. The zero-order valence-corrected chi connectivity index (χ0v) is 9.38. The van der Waals surface area contributed by atoms with Crippen molar-refractivity contribution in [3.8, 4) is 0 Å². The minimum absolute atomic E-state index is 0.0859. The van der Waals surface area contributed by atoms with E-state index in [1.807, 2.05) is 30.3 Å². The van der Waals surface area contributed by atoms with E-state index in [0.29, 0.717) is 0 Å². The maximum Gasteiger partial charge on any atom is 0.340 e. The predicted molar refractivity (Wildman–Crippen MR) is 58.5 cm³/mol. The molecule has 0 saturated heterocycles. The number of ether oxygens (including phenoxy) is 1. The van der Waals surface area contributed by atoms with Crippen LogP contribution in [0.2, 0.25) is 0 Å². The average Bonchev–Trinajstić information content (AvgIpc) is 2.27. The molecule has 0 saturated carbocycles. The Morgan fingerprint density at radius 1 is 1.44 bits per heavy atom. The maximum absolute atomic E-state index is 11.4. The normalized spacial score (nSPS) is 16.2. The molecule has 0 aliphatic carbocycles. The zero-order valence-electron chi connectivity index (χ0n) is 9.38. The average molecular weight is 224 g/mol. The highest BCUT2D eigenvalue weighted by atomic mass is 16.6. The summed E-state index contributed by atoms with van der Waals surface area (Å²) in [6.45, 7) is 2.65. The molecule has 88 valence electrons. The van der Waals surface area contributed by atoms with Crippen LogP contribution in [0.5, 0.6) is 0 Å². The number of esters is 1. The molecule has 1 aromatic rings. The first-order valence-corrected chi connectivity index (χ1v) is 5.06. The molecule has 1 aromatic carbocycles. The number of carbonyl (C=O) groups is 1. The van der Waals surface area contributed by atoms with Gasteiger partial charge in [0.1, 0.15) is 6.61 Å². The van der Waals surface area contributed by atoms with E-state index >= 15 is 0 Å². The Morgan fingerprint density at radius 3 is 2.50 bits per heavy atom. The Kier molecular flexibility index (Phi) is 4.04. The molecule has 0 radical (unpaired) electrons. The van der Waals surface area contributed by atoms with Gasteiger partial charge in [-0.05, 0) is 19.4 Å². The first-order valence-electron chi connectivity index (χ1n) is 5.06. The first-order chi connectivity index (χ1) is 7.44. The fourth-order valence-electron chi connectivity index (χ4n) is 1.04. The van der Waals surface area contributed by atoms with Crippen LogP contribution in [0.25, 0.3) is 0 Å². The molecular formula is C12H16O4. The van der Waals surface area contributed by atoms with Gasteiger partial charge in [-0.2, -0.15) is 0 Å². The second kappa shape index (κ2) is 5.09. The van der Waals surface area contributed by atoms with E-state index < -0.39 is 17.7 Å². The molecule has 0 aliphatic heterocycles. The van der Waals surface area contributed by atoms with Gasteiger partial charge in [0.05, 0.1) is 6.10 Å². The van der Waals surface area contributed by atoms with Gasteiger partial charge >= 0.3 is 5.97 Å². The lowest BCUT2D eigenvalue weighted by Gasteiger charge is -2.23. The van der Waals surface area contributed by atoms with Crippen molar-refractivity contribution >= 4 is 5.97 Å². The number of hydrogen-bond acceptors (Lipinski definition) is 4. The smallest absolute Gasteiger partial charge is 0.340 e. The second-order valence-corrected chi connectivity index (χ2v) is 3.89. The zero-order chi connectivity index (χ0) is 12.2. The lowest BCUT2D eigenvalue weighted by atomic mass is 10.0. The molecule has 1 rings (SSSR count). The summed E-state index contributed by atoms with van der Waals surface area (Å²) in [5, 5.41) is 18.8. The van der Waals surface area contributed by atoms with Gasteiger partial charge in [0, 0.05) is 0 Å². The van der Waals surface area contributed by atoms with Gasteiger partial charge in [0.25, 0.3) is 0 Å². The van der Waals surface area contributed by atoms with Crippen LogP contribution >= 0.6 is 0 Å². The largest absolute Gasteiger partial charge is 0.459 e. The van der Waals surface area contributed by atoms with Gasteiger partial charge in [0.2, 0.25) is 0 Å². The molecule has 0 aliphatic rings. The summed E-state index contributed by atoms with van der Waals surface area (Å²) in [4.78, 5) is 11.4. The van der Waals surface area contributed by atoms with Crippen LogP contribution in [0.4, 0.5) is 0 Å². The SMILES string of the molecule is C[C@@H](O)[C@@](C)(O)C(=O)OCc1ccccc1. The van der Waals surface area contributed by atoms with Crippen LogP contribution in [-0.2, 0) is 16.1 Å². The second-order valence-electron chi connectivity index (χ2n) is 3.89. The number of benzene rings is 1. The molecule has 4 nitrogen and oxygen atoms in total. The van der Waals surface area contributed by atoms with E-state index in [1.54, 1.807) is 0 Å². The lowest BCUT2D eigenvalue weighted by molar-refractivity contribution is -0.175. The van der Waals surface area contributed by atoms with Crippen LogP contribution in [0.3, 0.4) is 0 Å². The molecular weight excluding hydrogens is 208 g/mol. The fraction of sp³-hybridized carbons (Fsp3) is 0.417.